The van der Waals surface area contributed by atoms with Gasteiger partial charge in [0, 0.05) is 27.7 Å². The number of nitrogens with one attached hydrogen (secondary N) is 3. The van der Waals surface area contributed by atoms with E-state index in [0.29, 0.717) is 23.7 Å². The largest absolute Gasteiger partial charge is 0.462 e. The Balaban J connectivity index is 0.00000256. The van der Waals surface area contributed by atoms with Crippen molar-refractivity contribution < 1.29 is 14.3 Å². The topological polar surface area (TPSA) is 79.5 Å². The van der Waals surface area contributed by atoms with Crippen LogP contribution in [-0.4, -0.2) is 25.2 Å². The molecule has 0 bridgehead atoms. The van der Waals surface area contributed by atoms with Gasteiger partial charge in [0.15, 0.2) is 0 Å². The van der Waals surface area contributed by atoms with Gasteiger partial charge in [-0.05, 0) is 69.2 Å². The molecule has 3 N–H and O–H groups in total. The highest BCUT2D eigenvalue weighted by atomic mass is 35.5. The van der Waals surface area contributed by atoms with Crippen LogP contribution in [0.5, 0.6) is 0 Å². The van der Waals surface area contributed by atoms with Crippen molar-refractivity contribution in [2.24, 2.45) is 0 Å². The van der Waals surface area contributed by atoms with Crippen LogP contribution in [0, 0.1) is 6.92 Å². The van der Waals surface area contributed by atoms with E-state index < -0.39 is 0 Å². The molecule has 9 heteroatoms. The van der Waals surface area contributed by atoms with E-state index in [1.807, 2.05) is 11.3 Å². The molecule has 30 heavy (non-hydrogen) atoms. The summed E-state index contributed by atoms with van der Waals surface area (Å²) in [6.45, 7) is 6.64. The normalized spacial score (nSPS) is 14.9. The molecule has 4 rings (SSSR count). The Morgan fingerprint density at radius 2 is 1.90 bits per heavy atom. The molecule has 164 valence electrons. The van der Waals surface area contributed by atoms with Crippen molar-refractivity contribution in [3.05, 3.63) is 36.9 Å². The summed E-state index contributed by atoms with van der Waals surface area (Å²) in [5, 5.41) is 9.93. The number of esters is 1. The van der Waals surface area contributed by atoms with Gasteiger partial charge >= 0.3 is 12.0 Å². The third-order valence-electron chi connectivity index (χ3n) is 5.54. The Bertz CT molecular complexity index is 939. The van der Waals surface area contributed by atoms with E-state index in [1.54, 1.807) is 6.92 Å². The van der Waals surface area contributed by atoms with Crippen LogP contribution in [0.15, 0.2) is 0 Å². The lowest BCUT2D eigenvalue weighted by Crippen LogP contribution is -2.30. The first-order chi connectivity index (χ1) is 14.1. The lowest BCUT2D eigenvalue weighted by atomic mass is 9.95. The molecule has 0 radical (unpaired) electrons. The van der Waals surface area contributed by atoms with Gasteiger partial charge in [0.05, 0.1) is 12.2 Å². The average molecular weight is 470 g/mol. The highest BCUT2D eigenvalue weighted by molar-refractivity contribution is 7.17. The first-order valence-electron chi connectivity index (χ1n) is 10.3. The van der Waals surface area contributed by atoms with Gasteiger partial charge in [-0.15, -0.1) is 35.1 Å². The molecule has 2 aliphatic rings. The number of rotatable bonds is 5. The molecule has 1 aliphatic heterocycles. The van der Waals surface area contributed by atoms with E-state index in [1.165, 1.54) is 37.1 Å². The number of fused-ring (bicyclic) bond motifs is 2. The van der Waals surface area contributed by atoms with Crippen molar-refractivity contribution in [2.45, 2.75) is 59.0 Å². The number of ether oxygens (including phenoxy) is 1. The van der Waals surface area contributed by atoms with Gasteiger partial charge in [0.1, 0.15) is 5.00 Å². The summed E-state index contributed by atoms with van der Waals surface area (Å²) < 4.78 is 5.26. The third kappa shape index (κ3) is 4.66. The van der Waals surface area contributed by atoms with Crippen molar-refractivity contribution >= 4 is 52.1 Å². The number of amides is 2. The highest BCUT2D eigenvalue weighted by Gasteiger charge is 2.27. The van der Waals surface area contributed by atoms with Gasteiger partial charge in [0.25, 0.3) is 0 Å². The fourth-order valence-corrected chi connectivity index (χ4v) is 6.64. The zero-order valence-corrected chi connectivity index (χ0v) is 19.8. The van der Waals surface area contributed by atoms with E-state index in [4.69, 9.17) is 4.74 Å². The smallest absolute Gasteiger partial charge is 0.341 e. The predicted molar refractivity (Wildman–Crippen MR) is 124 cm³/mol. The van der Waals surface area contributed by atoms with Crippen LogP contribution in [0.3, 0.4) is 0 Å². The lowest BCUT2D eigenvalue weighted by molar-refractivity contribution is 0.0526. The number of carbonyl (C=O) groups is 2. The van der Waals surface area contributed by atoms with Crippen molar-refractivity contribution in [2.75, 3.05) is 18.5 Å². The van der Waals surface area contributed by atoms with Crippen LogP contribution in [0.1, 0.15) is 61.4 Å². The van der Waals surface area contributed by atoms with Gasteiger partial charge in [-0.3, -0.25) is 5.32 Å². The van der Waals surface area contributed by atoms with Crippen LogP contribution in [-0.2, 0) is 37.1 Å². The Morgan fingerprint density at radius 3 is 2.70 bits per heavy atom. The molecule has 0 atom stereocenters. The van der Waals surface area contributed by atoms with Gasteiger partial charge in [-0.25, -0.2) is 9.59 Å². The molecule has 6 nitrogen and oxygen atoms in total. The van der Waals surface area contributed by atoms with Crippen LogP contribution in [0.2, 0.25) is 0 Å². The molecule has 1 aliphatic carbocycles. The van der Waals surface area contributed by atoms with Crippen LogP contribution >= 0.6 is 35.1 Å². The summed E-state index contributed by atoms with van der Waals surface area (Å²) in [6.07, 6.45) is 5.03. The minimum absolute atomic E-state index is 0. The molecule has 0 saturated carbocycles. The molecular weight excluding hydrogens is 442 g/mol. The maximum absolute atomic E-state index is 12.7. The average Bonchev–Trinajstić information content (AvgIpc) is 3.22. The number of anilines is 1. The van der Waals surface area contributed by atoms with Crippen molar-refractivity contribution in [3.8, 4) is 0 Å². The summed E-state index contributed by atoms with van der Waals surface area (Å²) in [6, 6.07) is -0.276. The van der Waals surface area contributed by atoms with Crippen molar-refractivity contribution in [1.29, 1.82) is 0 Å². The molecule has 0 saturated heterocycles. The number of carbonyl (C=O) groups excluding carboxylic acids is 2. The van der Waals surface area contributed by atoms with Crippen LogP contribution in [0.4, 0.5) is 9.80 Å². The number of thiophene rings is 2. The molecule has 0 spiro atoms. The Morgan fingerprint density at radius 1 is 1.10 bits per heavy atom. The molecule has 3 heterocycles. The fourth-order valence-electron chi connectivity index (χ4n) is 4.16. The Labute approximate surface area is 191 Å². The molecule has 0 aromatic carbocycles. The number of hydrogen-bond donors (Lipinski definition) is 3. The quantitative estimate of drug-likeness (QED) is 0.561. The van der Waals surface area contributed by atoms with Crippen molar-refractivity contribution in [1.82, 2.24) is 10.6 Å². The summed E-state index contributed by atoms with van der Waals surface area (Å²) in [4.78, 5) is 29.0. The lowest BCUT2D eigenvalue weighted by Gasteiger charge is -2.15. The molecule has 2 amide bonds. The Hall–Kier alpha value is -1.61. The number of urea groups is 1. The minimum atomic E-state index is -0.336. The van der Waals surface area contributed by atoms with E-state index in [2.05, 4.69) is 22.9 Å². The van der Waals surface area contributed by atoms with E-state index in [9.17, 15) is 9.59 Å². The van der Waals surface area contributed by atoms with E-state index >= 15 is 0 Å². The van der Waals surface area contributed by atoms with Gasteiger partial charge in [-0.1, -0.05) is 0 Å². The summed E-state index contributed by atoms with van der Waals surface area (Å²) >= 11 is 3.32. The maximum Gasteiger partial charge on any atom is 0.341 e. The standard InChI is InChI=1S/C21H27N3O3S2.ClH/c1-3-27-20(25)18-14-6-4-5-7-16(14)29-19(18)24-21(26)23-10-15-12(2)28-17-11-22-9-8-13(15)17;/h22H,3-11H2,1-2H3,(H2,23,24,26);1H. The van der Waals surface area contributed by atoms with Gasteiger partial charge < -0.3 is 15.4 Å². The number of halogens is 1. The molecule has 2 aromatic rings. The van der Waals surface area contributed by atoms with E-state index in [-0.39, 0.29) is 24.4 Å². The first-order valence-corrected chi connectivity index (χ1v) is 11.9. The summed E-state index contributed by atoms with van der Waals surface area (Å²) in [5.41, 5.74) is 4.23. The van der Waals surface area contributed by atoms with Gasteiger partial charge in [0.2, 0.25) is 0 Å². The SMILES string of the molecule is CCOC(=O)c1c(NC(=O)NCc2c(C)sc3c2CCNC3)sc2c1CCCC2.Cl. The summed E-state index contributed by atoms with van der Waals surface area (Å²) in [7, 11) is 0. The monoisotopic (exact) mass is 469 g/mol. The number of aryl methyl sites for hydroxylation is 2. The van der Waals surface area contributed by atoms with E-state index in [0.717, 1.165) is 50.8 Å². The number of hydrogen-bond acceptors (Lipinski definition) is 6. The predicted octanol–water partition coefficient (Wildman–Crippen LogP) is 4.56. The summed E-state index contributed by atoms with van der Waals surface area (Å²) in [5.74, 6) is -0.336. The first kappa shape index (κ1) is 23.1. The zero-order valence-electron chi connectivity index (χ0n) is 17.3. The molecule has 0 unspecified atom stereocenters. The molecule has 2 aromatic heterocycles. The second-order valence-corrected chi connectivity index (χ2v) is 9.82. The third-order valence-corrected chi connectivity index (χ3v) is 7.94. The maximum atomic E-state index is 12.7. The Kier molecular flexibility index (Phi) is 7.79. The van der Waals surface area contributed by atoms with Crippen LogP contribution in [0.25, 0.3) is 0 Å². The molecular formula is C21H28ClN3O3S2. The molecule has 0 fully saturated rings. The second kappa shape index (κ2) is 10.1. The second-order valence-electron chi connectivity index (χ2n) is 7.41. The fraction of sp³-hybridized carbons (Fsp3) is 0.524. The van der Waals surface area contributed by atoms with Crippen LogP contribution < -0.4 is 16.0 Å². The van der Waals surface area contributed by atoms with Gasteiger partial charge in [-0.2, -0.15) is 0 Å². The minimum Gasteiger partial charge on any atom is -0.462 e. The zero-order chi connectivity index (χ0) is 20.4. The highest BCUT2D eigenvalue weighted by Crippen LogP contribution is 2.38. The van der Waals surface area contributed by atoms with Crippen molar-refractivity contribution in [3.63, 3.8) is 0 Å².